The molecule has 0 unspecified atom stereocenters. The quantitative estimate of drug-likeness (QED) is 0.274. The largest absolute Gasteiger partial charge is 0.387 e. The zero-order chi connectivity index (χ0) is 26.6. The molecule has 5 N–H and O–H groups in total. The number of rotatable bonds is 5. The number of nitrogens with zero attached hydrogens (tertiary/aromatic N) is 6. The van der Waals surface area contributed by atoms with Gasteiger partial charge in [0.15, 0.2) is 18.5 Å². The lowest BCUT2D eigenvalue weighted by molar-refractivity contribution is -0.132. The van der Waals surface area contributed by atoms with Crippen LogP contribution in [0.2, 0.25) is 0 Å². The highest BCUT2D eigenvalue weighted by Crippen LogP contribution is 2.39. The van der Waals surface area contributed by atoms with Crippen LogP contribution in [0.1, 0.15) is 6.23 Å². The third-order valence-electron chi connectivity index (χ3n) is 6.57. The molecule has 12 nitrogen and oxygen atoms in total. The molecular formula is C25H24FN9O3. The number of ether oxygens (including phenoxy) is 1. The summed E-state index contributed by atoms with van der Waals surface area (Å²) >= 11 is 0. The van der Waals surface area contributed by atoms with Gasteiger partial charge >= 0.3 is 0 Å². The number of carbonyl (C=O) groups is 1. The summed E-state index contributed by atoms with van der Waals surface area (Å²) < 4.78 is 24.3. The number of pyridine rings is 1. The predicted molar refractivity (Wildman–Crippen MR) is 139 cm³/mol. The van der Waals surface area contributed by atoms with Crippen LogP contribution in [0.25, 0.3) is 33.2 Å². The van der Waals surface area contributed by atoms with Gasteiger partial charge in [0, 0.05) is 43.1 Å². The SMILES string of the molecule is CNc1ccc2ccc(NC(=O)[C@H]3O[C@@H](n4cc(-c5ccn(C)n5)c5c(N)ncnc54)[C@@H](F)[C@@H]3O)cc2n1. The number of aryl methyl sites for hydroxylation is 1. The molecule has 1 aromatic carbocycles. The molecule has 5 aromatic rings. The number of aromatic nitrogens is 6. The second-order valence-electron chi connectivity index (χ2n) is 9.01. The smallest absolute Gasteiger partial charge is 0.256 e. The molecule has 1 fully saturated rings. The van der Waals surface area contributed by atoms with E-state index in [1.165, 1.54) is 10.9 Å². The lowest BCUT2D eigenvalue weighted by Gasteiger charge is -2.16. The minimum absolute atomic E-state index is 0.184. The van der Waals surface area contributed by atoms with Gasteiger partial charge in [0.2, 0.25) is 0 Å². The summed E-state index contributed by atoms with van der Waals surface area (Å²) in [5.41, 5.74) is 8.66. The number of benzene rings is 1. The van der Waals surface area contributed by atoms with E-state index < -0.39 is 30.5 Å². The van der Waals surface area contributed by atoms with E-state index in [0.717, 1.165) is 5.39 Å². The third kappa shape index (κ3) is 3.88. The summed E-state index contributed by atoms with van der Waals surface area (Å²) in [6.45, 7) is 0. The number of aliphatic hydroxyl groups is 1. The number of hydrogen-bond donors (Lipinski definition) is 4. The molecule has 1 saturated heterocycles. The highest BCUT2D eigenvalue weighted by Gasteiger charge is 2.49. The van der Waals surface area contributed by atoms with Crippen molar-refractivity contribution < 1.29 is 19.0 Å². The second kappa shape index (κ2) is 9.04. The van der Waals surface area contributed by atoms with Crippen molar-refractivity contribution in [3.8, 4) is 11.3 Å². The van der Waals surface area contributed by atoms with Crippen molar-refractivity contribution >= 4 is 45.2 Å². The van der Waals surface area contributed by atoms with E-state index in [1.54, 1.807) is 55.4 Å². The molecule has 6 rings (SSSR count). The Bertz CT molecular complexity index is 1680. The summed E-state index contributed by atoms with van der Waals surface area (Å²) in [5, 5.41) is 22.1. The predicted octanol–water partition coefficient (Wildman–Crippen LogP) is 2.24. The Labute approximate surface area is 215 Å². The fourth-order valence-electron chi connectivity index (χ4n) is 4.68. The molecule has 0 spiro atoms. The third-order valence-corrected chi connectivity index (χ3v) is 6.57. The molecule has 13 heteroatoms. The van der Waals surface area contributed by atoms with Crippen molar-refractivity contribution in [1.82, 2.24) is 29.3 Å². The molecule has 0 radical (unpaired) electrons. The molecule has 1 aliphatic heterocycles. The first-order valence-corrected chi connectivity index (χ1v) is 11.8. The fourth-order valence-corrected chi connectivity index (χ4v) is 4.68. The number of carbonyl (C=O) groups excluding carboxylic acids is 1. The van der Waals surface area contributed by atoms with E-state index in [1.807, 2.05) is 12.1 Å². The first-order chi connectivity index (χ1) is 18.3. The van der Waals surface area contributed by atoms with E-state index in [4.69, 9.17) is 10.5 Å². The van der Waals surface area contributed by atoms with Crippen LogP contribution in [-0.4, -0.2) is 65.7 Å². The van der Waals surface area contributed by atoms with E-state index >= 15 is 4.39 Å². The summed E-state index contributed by atoms with van der Waals surface area (Å²) in [7, 11) is 3.53. The van der Waals surface area contributed by atoms with E-state index in [9.17, 15) is 9.90 Å². The molecule has 0 aliphatic carbocycles. The van der Waals surface area contributed by atoms with Crippen LogP contribution in [0.15, 0.2) is 55.1 Å². The topological polar surface area (TPSA) is 158 Å². The first kappa shape index (κ1) is 23.8. The van der Waals surface area contributed by atoms with Crippen LogP contribution in [0, 0.1) is 0 Å². The number of anilines is 3. The number of alkyl halides is 1. The maximum atomic E-state index is 15.5. The Morgan fingerprint density at radius 2 is 2.03 bits per heavy atom. The molecule has 1 aliphatic rings. The standard InChI is InChI=1S/C25H24FN9O3/c1-28-17-6-4-12-3-5-13(9-16(12)32-17)31-24(37)21-20(36)19(26)25(38-21)35-10-14(15-7-8-34(2)33-15)18-22(27)29-11-30-23(18)35/h3-11,19-21,25,36H,1-2H3,(H,28,32)(H,31,37)(H2,27,29,30)/t19-,20-,21-,25+/m0/s1. The number of nitrogens with one attached hydrogen (secondary N) is 2. The van der Waals surface area contributed by atoms with Crippen molar-refractivity contribution in [2.75, 3.05) is 23.4 Å². The van der Waals surface area contributed by atoms with Crippen molar-refractivity contribution in [3.05, 3.63) is 55.1 Å². The zero-order valence-corrected chi connectivity index (χ0v) is 20.4. The van der Waals surface area contributed by atoms with Crippen molar-refractivity contribution in [2.45, 2.75) is 24.6 Å². The summed E-state index contributed by atoms with van der Waals surface area (Å²) in [6.07, 6.45) is -1.85. The molecule has 0 saturated carbocycles. The molecule has 0 bridgehead atoms. The van der Waals surface area contributed by atoms with Crippen LogP contribution in [0.5, 0.6) is 0 Å². The highest BCUT2D eigenvalue weighted by molar-refractivity contribution is 6.00. The van der Waals surface area contributed by atoms with Crippen LogP contribution in [0.3, 0.4) is 0 Å². The Morgan fingerprint density at radius 3 is 2.79 bits per heavy atom. The second-order valence-corrected chi connectivity index (χ2v) is 9.01. The lowest BCUT2D eigenvalue weighted by Crippen LogP contribution is -2.38. The average Bonchev–Trinajstić information content (AvgIpc) is 3.60. The highest BCUT2D eigenvalue weighted by atomic mass is 19.1. The number of hydrogen-bond acceptors (Lipinski definition) is 9. The van der Waals surface area contributed by atoms with Gasteiger partial charge < -0.3 is 30.8 Å². The zero-order valence-electron chi connectivity index (χ0n) is 20.4. The van der Waals surface area contributed by atoms with Crippen LogP contribution >= 0.6 is 0 Å². The number of nitrogen functional groups attached to an aromatic ring is 1. The molecule has 1 amide bonds. The Kier molecular flexibility index (Phi) is 5.65. The molecule has 194 valence electrons. The van der Waals surface area contributed by atoms with Crippen molar-refractivity contribution in [3.63, 3.8) is 0 Å². The number of nitrogens with two attached hydrogens (primary N) is 1. The van der Waals surface area contributed by atoms with Crippen LogP contribution in [0.4, 0.5) is 21.7 Å². The van der Waals surface area contributed by atoms with Crippen LogP contribution in [-0.2, 0) is 16.6 Å². The van der Waals surface area contributed by atoms with Gasteiger partial charge in [0.05, 0.1) is 16.6 Å². The summed E-state index contributed by atoms with van der Waals surface area (Å²) in [6, 6.07) is 10.7. The first-order valence-electron chi connectivity index (χ1n) is 11.8. The summed E-state index contributed by atoms with van der Waals surface area (Å²) in [4.78, 5) is 25.9. The lowest BCUT2D eigenvalue weighted by atomic mass is 10.1. The van der Waals surface area contributed by atoms with E-state index in [0.29, 0.717) is 39.3 Å². The Balaban J connectivity index is 1.30. The molecule has 5 heterocycles. The minimum atomic E-state index is -1.93. The molecule has 4 atom stereocenters. The maximum absolute atomic E-state index is 15.5. The maximum Gasteiger partial charge on any atom is 0.256 e. The Morgan fingerprint density at radius 1 is 1.21 bits per heavy atom. The Hall–Kier alpha value is -4.62. The van der Waals surface area contributed by atoms with E-state index in [-0.39, 0.29) is 5.82 Å². The van der Waals surface area contributed by atoms with Gasteiger partial charge in [-0.1, -0.05) is 6.07 Å². The average molecular weight is 518 g/mol. The summed E-state index contributed by atoms with van der Waals surface area (Å²) in [5.74, 6) is 0.165. The fraction of sp³-hybridized carbons (Fsp3) is 0.240. The van der Waals surface area contributed by atoms with Gasteiger partial charge in [-0.25, -0.2) is 19.3 Å². The van der Waals surface area contributed by atoms with Gasteiger partial charge in [-0.3, -0.25) is 9.48 Å². The molecular weight excluding hydrogens is 493 g/mol. The van der Waals surface area contributed by atoms with Crippen molar-refractivity contribution in [2.24, 2.45) is 7.05 Å². The minimum Gasteiger partial charge on any atom is -0.387 e. The van der Waals surface area contributed by atoms with Gasteiger partial charge in [-0.05, 0) is 30.3 Å². The van der Waals surface area contributed by atoms with Gasteiger partial charge in [-0.2, -0.15) is 5.10 Å². The molecule has 4 aromatic heterocycles. The van der Waals surface area contributed by atoms with Crippen molar-refractivity contribution in [1.29, 1.82) is 0 Å². The number of aliphatic hydroxyl groups excluding tert-OH is 1. The van der Waals surface area contributed by atoms with Gasteiger partial charge in [-0.15, -0.1) is 0 Å². The monoisotopic (exact) mass is 517 g/mol. The van der Waals surface area contributed by atoms with Gasteiger partial charge in [0.25, 0.3) is 5.91 Å². The number of amides is 1. The number of halogens is 1. The molecule has 38 heavy (non-hydrogen) atoms. The number of fused-ring (bicyclic) bond motifs is 2. The van der Waals surface area contributed by atoms with Crippen LogP contribution < -0.4 is 16.4 Å². The van der Waals surface area contributed by atoms with E-state index in [2.05, 4.69) is 30.7 Å². The van der Waals surface area contributed by atoms with Gasteiger partial charge in [0.1, 0.15) is 29.7 Å². The normalized spacial score (nSPS) is 21.3.